The Morgan fingerprint density at radius 2 is 1.85 bits per heavy atom. The van der Waals surface area contributed by atoms with E-state index in [-0.39, 0.29) is 30.8 Å². The Morgan fingerprint density at radius 3 is 2.52 bits per heavy atom. The fraction of sp³-hybridized carbons (Fsp3) is 0.333. The molecule has 0 unspecified atom stereocenters. The van der Waals surface area contributed by atoms with Crippen LogP contribution in [0, 0.1) is 5.92 Å². The van der Waals surface area contributed by atoms with Crippen molar-refractivity contribution in [3.8, 4) is 0 Å². The fourth-order valence-electron chi connectivity index (χ4n) is 3.33. The number of aliphatic hydroxyl groups is 1. The summed E-state index contributed by atoms with van der Waals surface area (Å²) in [5.74, 6) is -0.196. The molecule has 3 rings (SSSR count). The topological polar surface area (TPSA) is 69.6 Å². The maximum Gasteiger partial charge on any atom is 0.253 e. The van der Waals surface area contributed by atoms with Crippen molar-refractivity contribution in [3.63, 3.8) is 0 Å². The van der Waals surface area contributed by atoms with E-state index in [9.17, 15) is 14.7 Å². The van der Waals surface area contributed by atoms with Crippen molar-refractivity contribution >= 4 is 23.4 Å². The van der Waals surface area contributed by atoms with Crippen molar-refractivity contribution < 1.29 is 14.7 Å². The first kappa shape index (κ1) is 19.4. The summed E-state index contributed by atoms with van der Waals surface area (Å²) in [4.78, 5) is 27.2. The molecule has 0 radical (unpaired) electrons. The van der Waals surface area contributed by atoms with E-state index in [1.165, 1.54) is 0 Å². The molecule has 142 valence electrons. The van der Waals surface area contributed by atoms with Crippen LogP contribution in [-0.4, -0.2) is 41.5 Å². The first-order valence-electron chi connectivity index (χ1n) is 9.07. The van der Waals surface area contributed by atoms with Crippen LogP contribution in [0.3, 0.4) is 0 Å². The third-order valence-corrected chi connectivity index (χ3v) is 5.23. The maximum atomic E-state index is 12.7. The lowest BCUT2D eigenvalue weighted by Crippen LogP contribution is -2.35. The molecule has 2 aromatic rings. The molecule has 1 aliphatic rings. The zero-order chi connectivity index (χ0) is 19.2. The minimum Gasteiger partial charge on any atom is -0.396 e. The van der Waals surface area contributed by atoms with Gasteiger partial charge in [0.05, 0.1) is 23.0 Å². The first-order valence-corrected chi connectivity index (χ1v) is 9.45. The summed E-state index contributed by atoms with van der Waals surface area (Å²) in [7, 11) is 0. The standard InChI is InChI=1S/C21H23ClN2O3/c22-18-9-5-4-8-17(18)21(27)23-19(16-6-2-1-3-7-16)12-20(26)24-11-10-15(13-24)14-25/h1-9,15,19,25H,10-14H2,(H,23,27)/t15-,19+/m0/s1. The molecule has 1 heterocycles. The maximum absolute atomic E-state index is 12.7. The third-order valence-electron chi connectivity index (χ3n) is 4.90. The largest absolute Gasteiger partial charge is 0.396 e. The van der Waals surface area contributed by atoms with Crippen molar-refractivity contribution in [2.45, 2.75) is 18.9 Å². The molecule has 0 bridgehead atoms. The number of halogens is 1. The van der Waals surface area contributed by atoms with Crippen molar-refractivity contribution in [2.24, 2.45) is 5.92 Å². The second-order valence-electron chi connectivity index (χ2n) is 6.80. The Bertz CT molecular complexity index is 797. The minimum atomic E-state index is -0.448. The van der Waals surface area contributed by atoms with Crippen molar-refractivity contribution in [1.29, 1.82) is 0 Å². The monoisotopic (exact) mass is 386 g/mol. The number of carbonyl (C=O) groups excluding carboxylic acids is 2. The number of amides is 2. The van der Waals surface area contributed by atoms with Gasteiger partial charge >= 0.3 is 0 Å². The number of hydrogen-bond acceptors (Lipinski definition) is 3. The number of rotatable bonds is 6. The average Bonchev–Trinajstić information content (AvgIpc) is 3.18. The molecular formula is C21H23ClN2O3. The molecule has 0 saturated carbocycles. The fourth-order valence-corrected chi connectivity index (χ4v) is 3.55. The van der Waals surface area contributed by atoms with Gasteiger partial charge in [0, 0.05) is 25.6 Å². The Kier molecular flexibility index (Phi) is 6.48. The van der Waals surface area contributed by atoms with Gasteiger partial charge in [0.15, 0.2) is 0 Å². The van der Waals surface area contributed by atoms with E-state index >= 15 is 0 Å². The SMILES string of the molecule is O=C(N[C@H](CC(=O)N1CC[C@H](CO)C1)c1ccccc1)c1ccccc1Cl. The van der Waals surface area contributed by atoms with Gasteiger partial charge < -0.3 is 15.3 Å². The summed E-state index contributed by atoms with van der Waals surface area (Å²) < 4.78 is 0. The molecule has 2 amide bonds. The van der Waals surface area contributed by atoms with Gasteiger partial charge in [-0.3, -0.25) is 9.59 Å². The molecule has 27 heavy (non-hydrogen) atoms. The van der Waals surface area contributed by atoms with Crippen LogP contribution >= 0.6 is 11.6 Å². The number of benzene rings is 2. The summed E-state index contributed by atoms with van der Waals surface area (Å²) in [6, 6.07) is 15.8. The Balaban J connectivity index is 1.75. The van der Waals surface area contributed by atoms with Crippen LogP contribution < -0.4 is 5.32 Å². The second kappa shape index (κ2) is 9.02. The summed E-state index contributed by atoms with van der Waals surface area (Å²) in [6.07, 6.45) is 0.975. The van der Waals surface area contributed by atoms with Crippen LogP contribution in [0.4, 0.5) is 0 Å². The highest BCUT2D eigenvalue weighted by Crippen LogP contribution is 2.23. The van der Waals surface area contributed by atoms with E-state index in [0.29, 0.717) is 23.7 Å². The minimum absolute atomic E-state index is 0.0285. The van der Waals surface area contributed by atoms with Gasteiger partial charge in [-0.15, -0.1) is 0 Å². The lowest BCUT2D eigenvalue weighted by atomic mass is 10.0. The van der Waals surface area contributed by atoms with Crippen molar-refractivity contribution in [3.05, 3.63) is 70.7 Å². The molecule has 1 fully saturated rings. The average molecular weight is 387 g/mol. The molecule has 6 heteroatoms. The highest BCUT2D eigenvalue weighted by molar-refractivity contribution is 6.33. The number of hydrogen-bond donors (Lipinski definition) is 2. The second-order valence-corrected chi connectivity index (χ2v) is 7.20. The van der Waals surface area contributed by atoms with Gasteiger partial charge in [-0.1, -0.05) is 54.1 Å². The van der Waals surface area contributed by atoms with E-state index < -0.39 is 6.04 Å². The lowest BCUT2D eigenvalue weighted by Gasteiger charge is -2.23. The van der Waals surface area contributed by atoms with E-state index in [2.05, 4.69) is 5.32 Å². The van der Waals surface area contributed by atoms with Gasteiger partial charge in [-0.25, -0.2) is 0 Å². The molecule has 2 aromatic carbocycles. The van der Waals surface area contributed by atoms with Crippen LogP contribution in [-0.2, 0) is 4.79 Å². The molecule has 2 N–H and O–H groups in total. The predicted octanol–water partition coefficient (Wildman–Crippen LogP) is 3.04. The van der Waals surface area contributed by atoms with Crippen LogP contribution in [0.5, 0.6) is 0 Å². The van der Waals surface area contributed by atoms with Gasteiger partial charge in [0.25, 0.3) is 5.91 Å². The van der Waals surface area contributed by atoms with Gasteiger partial charge in [-0.2, -0.15) is 0 Å². The van der Waals surface area contributed by atoms with E-state index in [0.717, 1.165) is 12.0 Å². The van der Waals surface area contributed by atoms with Crippen LogP contribution in [0.2, 0.25) is 5.02 Å². The third kappa shape index (κ3) is 4.87. The molecule has 0 aliphatic carbocycles. The molecule has 0 spiro atoms. The van der Waals surface area contributed by atoms with E-state index in [1.54, 1.807) is 29.2 Å². The summed E-state index contributed by atoms with van der Waals surface area (Å²) >= 11 is 6.13. The van der Waals surface area contributed by atoms with Gasteiger partial charge in [0.1, 0.15) is 0 Å². The van der Waals surface area contributed by atoms with Crippen LogP contribution in [0.25, 0.3) is 0 Å². The number of likely N-dealkylation sites (tertiary alicyclic amines) is 1. The summed E-state index contributed by atoms with van der Waals surface area (Å²) in [5.41, 5.74) is 1.25. The lowest BCUT2D eigenvalue weighted by molar-refractivity contribution is -0.130. The molecule has 5 nitrogen and oxygen atoms in total. The highest BCUT2D eigenvalue weighted by atomic mass is 35.5. The van der Waals surface area contributed by atoms with Crippen LogP contribution in [0.15, 0.2) is 54.6 Å². The Morgan fingerprint density at radius 1 is 1.15 bits per heavy atom. The normalized spacial score (nSPS) is 17.6. The molecule has 0 aromatic heterocycles. The van der Waals surface area contributed by atoms with Crippen LogP contribution in [0.1, 0.15) is 34.8 Å². The molecule has 2 atom stereocenters. The molecule has 1 aliphatic heterocycles. The summed E-state index contributed by atoms with van der Waals surface area (Å²) in [5, 5.41) is 12.6. The number of carbonyl (C=O) groups is 2. The number of nitrogens with zero attached hydrogens (tertiary/aromatic N) is 1. The smallest absolute Gasteiger partial charge is 0.253 e. The number of nitrogens with one attached hydrogen (secondary N) is 1. The Labute approximate surface area is 163 Å². The predicted molar refractivity (Wildman–Crippen MR) is 104 cm³/mol. The molecular weight excluding hydrogens is 364 g/mol. The summed E-state index contributed by atoms with van der Waals surface area (Å²) in [6.45, 7) is 1.30. The van der Waals surface area contributed by atoms with E-state index in [4.69, 9.17) is 11.6 Å². The van der Waals surface area contributed by atoms with Crippen molar-refractivity contribution in [2.75, 3.05) is 19.7 Å². The van der Waals surface area contributed by atoms with Gasteiger partial charge in [-0.05, 0) is 24.1 Å². The molecule has 1 saturated heterocycles. The Hall–Kier alpha value is -2.37. The van der Waals surface area contributed by atoms with Gasteiger partial charge in [0.2, 0.25) is 5.91 Å². The zero-order valence-corrected chi connectivity index (χ0v) is 15.7. The zero-order valence-electron chi connectivity index (χ0n) is 15.0. The van der Waals surface area contributed by atoms with E-state index in [1.807, 2.05) is 30.3 Å². The number of aliphatic hydroxyl groups excluding tert-OH is 1. The van der Waals surface area contributed by atoms with Crippen molar-refractivity contribution in [1.82, 2.24) is 10.2 Å². The quantitative estimate of drug-likeness (QED) is 0.801. The highest BCUT2D eigenvalue weighted by Gasteiger charge is 2.28. The first-order chi connectivity index (χ1) is 13.1.